The van der Waals surface area contributed by atoms with E-state index in [0.717, 1.165) is 17.1 Å². The zero-order chi connectivity index (χ0) is 14.2. The lowest BCUT2D eigenvalue weighted by Gasteiger charge is -2.14. The van der Waals surface area contributed by atoms with Crippen LogP contribution in [0.1, 0.15) is 32.9 Å². The number of rotatable bonds is 2. The highest BCUT2D eigenvalue weighted by atomic mass is 16.5. The first-order valence-corrected chi connectivity index (χ1v) is 6.31. The van der Waals surface area contributed by atoms with Gasteiger partial charge in [0.2, 0.25) is 0 Å². The highest BCUT2D eigenvalue weighted by Gasteiger charge is 2.17. The first-order chi connectivity index (χ1) is 8.97. The predicted octanol–water partition coefficient (Wildman–Crippen LogP) is 3.50. The number of ether oxygens (including phenoxy) is 1. The van der Waals surface area contributed by atoms with Crippen molar-refractivity contribution in [2.24, 2.45) is 0 Å². The average molecular weight is 257 g/mol. The van der Waals surface area contributed by atoms with Crippen molar-refractivity contribution < 1.29 is 9.53 Å². The van der Waals surface area contributed by atoms with Crippen LogP contribution in [0.25, 0.3) is 5.69 Å². The molecule has 1 aromatic heterocycles. The molecule has 1 aromatic carbocycles. The number of nitrogens with zero attached hydrogens (tertiary/aromatic N) is 1. The minimum atomic E-state index is -0.287. The van der Waals surface area contributed by atoms with E-state index >= 15 is 0 Å². The van der Waals surface area contributed by atoms with Crippen molar-refractivity contribution in [2.45, 2.75) is 27.7 Å². The third-order valence-electron chi connectivity index (χ3n) is 3.65. The summed E-state index contributed by atoms with van der Waals surface area (Å²) in [5, 5.41) is 0. The van der Waals surface area contributed by atoms with Crippen molar-refractivity contribution in [1.82, 2.24) is 4.57 Å². The van der Waals surface area contributed by atoms with Gasteiger partial charge in [-0.3, -0.25) is 0 Å². The third kappa shape index (κ3) is 2.16. The summed E-state index contributed by atoms with van der Waals surface area (Å²) in [4.78, 5) is 11.7. The van der Waals surface area contributed by atoms with Gasteiger partial charge in [0.15, 0.2) is 0 Å². The molecule has 0 aliphatic rings. The van der Waals surface area contributed by atoms with Crippen molar-refractivity contribution in [3.8, 4) is 5.69 Å². The molecule has 3 heteroatoms. The third-order valence-corrected chi connectivity index (χ3v) is 3.65. The summed E-state index contributed by atoms with van der Waals surface area (Å²) in [6.45, 7) is 8.14. The Morgan fingerprint density at radius 2 is 1.84 bits per heavy atom. The molecule has 0 radical (unpaired) electrons. The zero-order valence-corrected chi connectivity index (χ0v) is 12.1. The van der Waals surface area contributed by atoms with E-state index in [-0.39, 0.29) is 5.97 Å². The smallest absolute Gasteiger partial charge is 0.339 e. The van der Waals surface area contributed by atoms with Crippen LogP contribution in [0.3, 0.4) is 0 Å². The topological polar surface area (TPSA) is 31.2 Å². The van der Waals surface area contributed by atoms with Crippen LogP contribution in [0.4, 0.5) is 0 Å². The van der Waals surface area contributed by atoms with Gasteiger partial charge in [-0.05, 0) is 51.0 Å². The van der Waals surface area contributed by atoms with Gasteiger partial charge in [0.05, 0.1) is 12.7 Å². The summed E-state index contributed by atoms with van der Waals surface area (Å²) < 4.78 is 6.93. The SMILES string of the molecule is COC(=O)c1cc(C)n(-c2cccc(C)c2C)c1C. The first kappa shape index (κ1) is 13.4. The zero-order valence-electron chi connectivity index (χ0n) is 12.1. The minimum absolute atomic E-state index is 0.287. The largest absolute Gasteiger partial charge is 0.465 e. The molecular weight excluding hydrogens is 238 g/mol. The van der Waals surface area contributed by atoms with Crippen molar-refractivity contribution >= 4 is 5.97 Å². The van der Waals surface area contributed by atoms with E-state index in [0.29, 0.717) is 5.56 Å². The fourth-order valence-electron chi connectivity index (χ4n) is 2.43. The van der Waals surface area contributed by atoms with Gasteiger partial charge in [-0.2, -0.15) is 0 Å². The Morgan fingerprint density at radius 3 is 2.47 bits per heavy atom. The van der Waals surface area contributed by atoms with Gasteiger partial charge in [-0.15, -0.1) is 0 Å². The number of hydrogen-bond acceptors (Lipinski definition) is 2. The molecule has 2 rings (SSSR count). The molecular formula is C16H19NO2. The Kier molecular flexibility index (Phi) is 3.47. The summed E-state index contributed by atoms with van der Waals surface area (Å²) in [7, 11) is 1.41. The van der Waals surface area contributed by atoms with Crippen molar-refractivity contribution in [1.29, 1.82) is 0 Å². The standard InChI is InChI=1S/C16H19NO2/c1-10-7-6-8-15(12(10)3)17-11(2)9-14(13(17)4)16(18)19-5/h6-9H,1-5H3. The normalized spacial score (nSPS) is 10.6. The van der Waals surface area contributed by atoms with Gasteiger partial charge in [-0.1, -0.05) is 12.1 Å². The number of carbonyl (C=O) groups excluding carboxylic acids is 1. The van der Waals surface area contributed by atoms with Crippen LogP contribution in [0.5, 0.6) is 0 Å². The summed E-state index contributed by atoms with van der Waals surface area (Å²) in [5.41, 5.74) is 6.15. The van der Waals surface area contributed by atoms with Crippen molar-refractivity contribution in [3.63, 3.8) is 0 Å². The van der Waals surface area contributed by atoms with E-state index in [2.05, 4.69) is 30.5 Å². The number of aryl methyl sites for hydroxylation is 2. The van der Waals surface area contributed by atoms with E-state index < -0.39 is 0 Å². The number of carbonyl (C=O) groups is 1. The van der Waals surface area contributed by atoms with Crippen LogP contribution >= 0.6 is 0 Å². The van der Waals surface area contributed by atoms with Gasteiger partial charge in [0, 0.05) is 17.1 Å². The molecule has 1 heterocycles. The maximum Gasteiger partial charge on any atom is 0.339 e. The van der Waals surface area contributed by atoms with Crippen LogP contribution in [0, 0.1) is 27.7 Å². The summed E-state index contributed by atoms with van der Waals surface area (Å²) in [6.07, 6.45) is 0. The first-order valence-electron chi connectivity index (χ1n) is 6.31. The molecule has 0 N–H and O–H groups in total. The van der Waals surface area contributed by atoms with Gasteiger partial charge < -0.3 is 9.30 Å². The van der Waals surface area contributed by atoms with Crippen LogP contribution in [-0.2, 0) is 4.74 Å². The van der Waals surface area contributed by atoms with E-state index in [1.165, 1.54) is 18.2 Å². The summed E-state index contributed by atoms with van der Waals surface area (Å²) in [5.74, 6) is -0.287. The highest BCUT2D eigenvalue weighted by Crippen LogP contribution is 2.25. The molecule has 0 aliphatic heterocycles. The quantitative estimate of drug-likeness (QED) is 0.771. The number of methoxy groups -OCH3 is 1. The Labute approximate surface area is 113 Å². The molecule has 3 nitrogen and oxygen atoms in total. The molecule has 0 spiro atoms. The highest BCUT2D eigenvalue weighted by molar-refractivity contribution is 5.91. The van der Waals surface area contributed by atoms with E-state index in [9.17, 15) is 4.79 Å². The molecule has 19 heavy (non-hydrogen) atoms. The Hall–Kier alpha value is -2.03. The van der Waals surface area contributed by atoms with Crippen LogP contribution in [0.15, 0.2) is 24.3 Å². The molecule has 0 bridgehead atoms. The monoisotopic (exact) mass is 257 g/mol. The number of aromatic nitrogens is 1. The molecule has 100 valence electrons. The van der Waals surface area contributed by atoms with Gasteiger partial charge in [-0.25, -0.2) is 4.79 Å². The second-order valence-corrected chi connectivity index (χ2v) is 4.83. The Bertz CT molecular complexity index is 638. The van der Waals surface area contributed by atoms with Crippen molar-refractivity contribution in [2.75, 3.05) is 7.11 Å². The van der Waals surface area contributed by atoms with Crippen LogP contribution in [-0.4, -0.2) is 17.6 Å². The Morgan fingerprint density at radius 1 is 1.16 bits per heavy atom. The predicted molar refractivity (Wildman–Crippen MR) is 76.1 cm³/mol. The number of esters is 1. The summed E-state index contributed by atoms with van der Waals surface area (Å²) in [6, 6.07) is 8.08. The maximum absolute atomic E-state index is 11.7. The summed E-state index contributed by atoms with van der Waals surface area (Å²) >= 11 is 0. The lowest BCUT2D eigenvalue weighted by atomic mass is 10.1. The fraction of sp³-hybridized carbons (Fsp3) is 0.312. The second-order valence-electron chi connectivity index (χ2n) is 4.83. The fourth-order valence-corrected chi connectivity index (χ4v) is 2.43. The molecule has 0 saturated carbocycles. The molecule has 0 fully saturated rings. The molecule has 0 saturated heterocycles. The second kappa shape index (κ2) is 4.92. The lowest BCUT2D eigenvalue weighted by molar-refractivity contribution is 0.0600. The van der Waals surface area contributed by atoms with Gasteiger partial charge >= 0.3 is 5.97 Å². The molecule has 0 atom stereocenters. The number of benzene rings is 1. The van der Waals surface area contributed by atoms with Gasteiger partial charge in [0.25, 0.3) is 0 Å². The Balaban J connectivity index is 2.67. The maximum atomic E-state index is 11.7. The lowest BCUT2D eigenvalue weighted by Crippen LogP contribution is -2.06. The van der Waals surface area contributed by atoms with E-state index in [1.807, 2.05) is 26.0 Å². The minimum Gasteiger partial charge on any atom is -0.465 e. The van der Waals surface area contributed by atoms with Gasteiger partial charge in [0.1, 0.15) is 0 Å². The van der Waals surface area contributed by atoms with Crippen LogP contribution in [0.2, 0.25) is 0 Å². The van der Waals surface area contributed by atoms with E-state index in [1.54, 1.807) is 0 Å². The van der Waals surface area contributed by atoms with Crippen molar-refractivity contribution in [3.05, 3.63) is 52.3 Å². The molecule has 0 amide bonds. The average Bonchev–Trinajstić information content (AvgIpc) is 2.68. The van der Waals surface area contributed by atoms with E-state index in [4.69, 9.17) is 4.74 Å². The molecule has 0 aliphatic carbocycles. The number of hydrogen-bond donors (Lipinski definition) is 0. The molecule has 2 aromatic rings. The molecule has 0 unspecified atom stereocenters. The van der Waals surface area contributed by atoms with Crippen LogP contribution < -0.4 is 0 Å².